The summed E-state index contributed by atoms with van der Waals surface area (Å²) in [7, 11) is 1.66. The number of hydrogen-bond acceptors (Lipinski definition) is 6. The molecule has 2 amide bonds. The Morgan fingerprint density at radius 1 is 1.08 bits per heavy atom. The molecule has 10 heteroatoms. The van der Waals surface area contributed by atoms with Gasteiger partial charge in [0.15, 0.2) is 0 Å². The molecule has 0 aliphatic carbocycles. The number of ether oxygens (including phenoxy) is 2. The number of carbonyl (C=O) groups is 2. The Labute approximate surface area is 231 Å². The molecule has 2 aliphatic heterocycles. The first kappa shape index (κ1) is 30.7. The number of hydrogen-bond donors (Lipinski definition) is 1. The van der Waals surface area contributed by atoms with Crippen LogP contribution in [0.5, 0.6) is 5.75 Å². The lowest BCUT2D eigenvalue weighted by molar-refractivity contribution is -0.138. The number of nitrogens with one attached hydrogen (secondary N) is 1. The fraction of sp³-hybridized carbons (Fsp3) is 0.519. The third-order valence-electron chi connectivity index (χ3n) is 7.29. The number of nitrogens with zero attached hydrogens (tertiary/aromatic N) is 3. The number of benzene rings is 1. The normalized spacial score (nSPS) is 17.5. The van der Waals surface area contributed by atoms with E-state index in [1.807, 2.05) is 47.4 Å². The molecule has 1 N–H and O–H groups in total. The van der Waals surface area contributed by atoms with Crippen molar-refractivity contribution in [3.63, 3.8) is 0 Å². The predicted octanol–water partition coefficient (Wildman–Crippen LogP) is 4.63. The van der Waals surface area contributed by atoms with Gasteiger partial charge in [0, 0.05) is 25.8 Å². The van der Waals surface area contributed by atoms with Gasteiger partial charge in [0.05, 0.1) is 30.9 Å². The minimum Gasteiger partial charge on any atom is -0.497 e. The van der Waals surface area contributed by atoms with E-state index in [1.165, 1.54) is 0 Å². The Balaban J connectivity index is 0.00000241. The van der Waals surface area contributed by atoms with E-state index in [4.69, 9.17) is 9.47 Å². The first-order valence-corrected chi connectivity index (χ1v) is 12.5. The van der Waals surface area contributed by atoms with Gasteiger partial charge in [0.2, 0.25) is 5.91 Å². The molecule has 0 radical (unpaired) electrons. The number of amides is 2. The highest BCUT2D eigenvalue weighted by Crippen LogP contribution is 2.42. The van der Waals surface area contributed by atoms with Crippen molar-refractivity contribution in [3.05, 3.63) is 59.9 Å². The standard InChI is InChI=1S/C27H36N4O4.2ClH/c1-3-35-26(33)29-24(23-6-4-5-15-28-23)11-16-30-17-12-27(13-18-30)14-19-31(25(27)32)20-21-7-9-22(34-2)10-8-21;;/h4-10,15,24H,3,11-14,16-20H2,1-2H3,(H,29,33);2*1H. The molecule has 1 atom stereocenters. The second-order valence-electron chi connectivity index (χ2n) is 9.41. The van der Waals surface area contributed by atoms with Crippen LogP contribution in [-0.2, 0) is 16.1 Å². The van der Waals surface area contributed by atoms with Crippen molar-refractivity contribution in [1.29, 1.82) is 0 Å². The molecule has 4 rings (SSSR count). The first-order chi connectivity index (χ1) is 17.0. The minimum absolute atomic E-state index is 0. The maximum absolute atomic E-state index is 13.4. The zero-order valence-electron chi connectivity index (χ0n) is 21.6. The summed E-state index contributed by atoms with van der Waals surface area (Å²) < 4.78 is 10.3. The second kappa shape index (κ2) is 14.4. The number of rotatable bonds is 9. The Morgan fingerprint density at radius 3 is 2.41 bits per heavy atom. The average molecular weight is 554 g/mol. The zero-order chi connectivity index (χ0) is 24.7. The Morgan fingerprint density at radius 2 is 1.78 bits per heavy atom. The number of aromatic nitrogens is 1. The predicted molar refractivity (Wildman–Crippen MR) is 147 cm³/mol. The van der Waals surface area contributed by atoms with Crippen LogP contribution in [0.3, 0.4) is 0 Å². The maximum Gasteiger partial charge on any atom is 0.407 e. The lowest BCUT2D eigenvalue weighted by atomic mass is 9.77. The highest BCUT2D eigenvalue weighted by Gasteiger charge is 2.47. The van der Waals surface area contributed by atoms with Gasteiger partial charge in [-0.25, -0.2) is 4.79 Å². The lowest BCUT2D eigenvalue weighted by Crippen LogP contribution is -2.45. The van der Waals surface area contributed by atoms with E-state index >= 15 is 0 Å². The van der Waals surface area contributed by atoms with Crippen LogP contribution in [0.2, 0.25) is 0 Å². The van der Waals surface area contributed by atoms with Gasteiger partial charge in [-0.15, -0.1) is 24.8 Å². The molecule has 2 aromatic rings. The van der Waals surface area contributed by atoms with Gasteiger partial charge in [-0.1, -0.05) is 18.2 Å². The van der Waals surface area contributed by atoms with Gasteiger partial charge in [-0.05, 0) is 75.5 Å². The number of likely N-dealkylation sites (tertiary alicyclic amines) is 2. The van der Waals surface area contributed by atoms with E-state index in [1.54, 1.807) is 20.2 Å². The summed E-state index contributed by atoms with van der Waals surface area (Å²) in [5.74, 6) is 1.12. The summed E-state index contributed by atoms with van der Waals surface area (Å²) in [4.78, 5) is 34.3. The van der Waals surface area contributed by atoms with Crippen LogP contribution in [0.1, 0.15) is 49.9 Å². The van der Waals surface area contributed by atoms with Crippen molar-refractivity contribution in [2.45, 2.75) is 45.2 Å². The fourth-order valence-corrected chi connectivity index (χ4v) is 5.17. The van der Waals surface area contributed by atoms with Crippen molar-refractivity contribution in [1.82, 2.24) is 20.1 Å². The molecular formula is C27H38Cl2N4O4. The number of piperidine rings is 1. The van der Waals surface area contributed by atoms with E-state index in [-0.39, 0.29) is 36.3 Å². The summed E-state index contributed by atoms with van der Waals surface area (Å²) in [6.07, 6.45) is 4.74. The van der Waals surface area contributed by atoms with Crippen molar-refractivity contribution < 1.29 is 19.1 Å². The van der Waals surface area contributed by atoms with Crippen LogP contribution < -0.4 is 10.1 Å². The van der Waals surface area contributed by atoms with Crippen LogP contribution in [0, 0.1) is 5.41 Å². The monoisotopic (exact) mass is 552 g/mol. The molecular weight excluding hydrogens is 515 g/mol. The van der Waals surface area contributed by atoms with Gasteiger partial charge in [0.25, 0.3) is 0 Å². The average Bonchev–Trinajstić information content (AvgIpc) is 3.18. The molecule has 1 aromatic heterocycles. The number of alkyl carbamates (subject to hydrolysis) is 1. The highest BCUT2D eigenvalue weighted by atomic mass is 35.5. The first-order valence-electron chi connectivity index (χ1n) is 12.5. The van der Waals surface area contributed by atoms with Crippen LogP contribution >= 0.6 is 24.8 Å². The second-order valence-corrected chi connectivity index (χ2v) is 9.41. The summed E-state index contributed by atoms with van der Waals surface area (Å²) >= 11 is 0. The Bertz CT molecular complexity index is 986. The van der Waals surface area contributed by atoms with Crippen molar-refractivity contribution in [3.8, 4) is 5.75 Å². The lowest BCUT2D eigenvalue weighted by Gasteiger charge is -2.38. The molecule has 1 aromatic carbocycles. The van der Waals surface area contributed by atoms with Crippen molar-refractivity contribution in [2.24, 2.45) is 5.41 Å². The molecule has 2 saturated heterocycles. The van der Waals surface area contributed by atoms with Crippen LogP contribution in [0.25, 0.3) is 0 Å². The molecule has 2 aliphatic rings. The highest BCUT2D eigenvalue weighted by molar-refractivity contribution is 5.86. The van der Waals surface area contributed by atoms with Crippen LogP contribution in [-0.4, -0.2) is 66.7 Å². The van der Waals surface area contributed by atoms with Gasteiger partial charge < -0.3 is 24.6 Å². The molecule has 0 bridgehead atoms. The Kier molecular flexibility index (Phi) is 11.9. The number of methoxy groups -OCH3 is 1. The smallest absolute Gasteiger partial charge is 0.407 e. The minimum atomic E-state index is -0.422. The third kappa shape index (κ3) is 7.72. The van der Waals surface area contributed by atoms with E-state index in [0.717, 1.165) is 68.9 Å². The van der Waals surface area contributed by atoms with E-state index < -0.39 is 6.09 Å². The summed E-state index contributed by atoms with van der Waals surface area (Å²) in [5, 5.41) is 2.95. The topological polar surface area (TPSA) is 84.0 Å². The van der Waals surface area contributed by atoms with Gasteiger partial charge >= 0.3 is 6.09 Å². The number of halogens is 2. The summed E-state index contributed by atoms with van der Waals surface area (Å²) in [5.41, 5.74) is 1.73. The molecule has 3 heterocycles. The molecule has 37 heavy (non-hydrogen) atoms. The molecule has 8 nitrogen and oxygen atoms in total. The number of pyridine rings is 1. The van der Waals surface area contributed by atoms with Crippen molar-refractivity contribution in [2.75, 3.05) is 39.9 Å². The van der Waals surface area contributed by atoms with Crippen LogP contribution in [0.4, 0.5) is 4.79 Å². The Hall–Kier alpha value is -2.55. The fourth-order valence-electron chi connectivity index (χ4n) is 5.17. The van der Waals surface area contributed by atoms with Crippen LogP contribution in [0.15, 0.2) is 48.7 Å². The summed E-state index contributed by atoms with van der Waals surface area (Å²) in [6.45, 7) is 6.19. The molecule has 2 fully saturated rings. The van der Waals surface area contributed by atoms with Crippen molar-refractivity contribution >= 4 is 36.8 Å². The number of carbonyl (C=O) groups excluding carboxylic acids is 2. The molecule has 204 valence electrons. The summed E-state index contributed by atoms with van der Waals surface area (Å²) in [6, 6.07) is 13.5. The SMILES string of the molecule is CCOC(=O)NC(CCN1CCC2(CC1)CCN(Cc1ccc(OC)cc1)C2=O)c1ccccn1.Cl.Cl. The quantitative estimate of drug-likeness (QED) is 0.488. The van der Waals surface area contributed by atoms with Gasteiger partial charge in [0.1, 0.15) is 5.75 Å². The molecule has 1 unspecified atom stereocenters. The van der Waals surface area contributed by atoms with E-state index in [9.17, 15) is 9.59 Å². The van der Waals surface area contributed by atoms with Gasteiger partial charge in [-0.3, -0.25) is 9.78 Å². The maximum atomic E-state index is 13.4. The molecule has 1 spiro atoms. The van der Waals surface area contributed by atoms with Gasteiger partial charge in [-0.2, -0.15) is 0 Å². The molecule has 0 saturated carbocycles. The van der Waals surface area contributed by atoms with E-state index in [0.29, 0.717) is 19.1 Å². The largest absolute Gasteiger partial charge is 0.497 e. The van der Waals surface area contributed by atoms with E-state index in [2.05, 4.69) is 15.2 Å². The zero-order valence-corrected chi connectivity index (χ0v) is 23.2. The third-order valence-corrected chi connectivity index (χ3v) is 7.29.